The minimum atomic E-state index is -0.295. The SMILES string of the molecule is Cc1cc(C)n2c(n1)c(Cc1ccc(C(C(=O)NNc3ccccc3)C(C)C)cc1)c1ccc(F)cc12. The van der Waals surface area contributed by atoms with Crippen LogP contribution in [0.2, 0.25) is 0 Å². The van der Waals surface area contributed by atoms with E-state index < -0.39 is 0 Å². The summed E-state index contributed by atoms with van der Waals surface area (Å²) in [4.78, 5) is 17.9. The zero-order valence-electron chi connectivity index (χ0n) is 21.5. The molecule has 188 valence electrons. The van der Waals surface area contributed by atoms with Crippen LogP contribution in [0.1, 0.15) is 47.8 Å². The second-order valence-electron chi connectivity index (χ2n) is 9.96. The number of benzene rings is 3. The van der Waals surface area contributed by atoms with Gasteiger partial charge in [-0.2, -0.15) is 0 Å². The highest BCUT2D eigenvalue weighted by molar-refractivity contribution is 5.92. The number of hydrogen-bond donors (Lipinski definition) is 2. The van der Waals surface area contributed by atoms with Crippen molar-refractivity contribution >= 4 is 28.1 Å². The molecule has 0 radical (unpaired) electrons. The van der Waals surface area contributed by atoms with Crippen LogP contribution in [-0.2, 0) is 11.2 Å². The van der Waals surface area contributed by atoms with E-state index in [9.17, 15) is 9.18 Å². The number of aromatic nitrogens is 2. The topological polar surface area (TPSA) is 58.4 Å². The predicted octanol–water partition coefficient (Wildman–Crippen LogP) is 6.72. The van der Waals surface area contributed by atoms with Crippen LogP contribution in [0.3, 0.4) is 0 Å². The second-order valence-corrected chi connectivity index (χ2v) is 9.96. The standard InChI is InChI=1S/C31H31FN4O/c1-19(2)29(31(37)35-34-25-8-6-5-7-9-25)23-12-10-22(11-13-23)17-27-26-15-14-24(32)18-28(26)36-21(4)16-20(3)33-30(27)36/h5-16,18-19,29,34H,17H2,1-4H3,(H,35,37). The number of nitrogens with one attached hydrogen (secondary N) is 2. The van der Waals surface area contributed by atoms with E-state index in [4.69, 9.17) is 4.98 Å². The molecule has 0 aliphatic carbocycles. The van der Waals surface area contributed by atoms with Crippen LogP contribution in [-0.4, -0.2) is 15.3 Å². The number of anilines is 1. The lowest BCUT2D eigenvalue weighted by molar-refractivity contribution is -0.123. The Morgan fingerprint density at radius 2 is 1.70 bits per heavy atom. The summed E-state index contributed by atoms with van der Waals surface area (Å²) < 4.78 is 16.2. The maximum Gasteiger partial charge on any atom is 0.246 e. The summed E-state index contributed by atoms with van der Waals surface area (Å²) in [5.41, 5.74) is 13.5. The first kappa shape index (κ1) is 24.5. The van der Waals surface area contributed by atoms with Crippen molar-refractivity contribution in [3.63, 3.8) is 0 Å². The molecule has 5 nitrogen and oxygen atoms in total. The average molecular weight is 495 g/mol. The molecule has 0 spiro atoms. The highest BCUT2D eigenvalue weighted by Crippen LogP contribution is 2.31. The van der Waals surface area contributed by atoms with Gasteiger partial charge in [0, 0.05) is 28.8 Å². The van der Waals surface area contributed by atoms with Crippen molar-refractivity contribution in [1.82, 2.24) is 14.8 Å². The van der Waals surface area contributed by atoms with Crippen LogP contribution in [0.5, 0.6) is 0 Å². The zero-order valence-corrected chi connectivity index (χ0v) is 21.5. The van der Waals surface area contributed by atoms with E-state index in [1.54, 1.807) is 6.07 Å². The molecule has 1 unspecified atom stereocenters. The highest BCUT2D eigenvalue weighted by Gasteiger charge is 2.24. The Balaban J connectivity index is 1.43. The molecule has 2 N–H and O–H groups in total. The Labute approximate surface area is 216 Å². The molecule has 5 aromatic rings. The summed E-state index contributed by atoms with van der Waals surface area (Å²) in [6.07, 6.45) is 0.656. The van der Waals surface area contributed by atoms with Gasteiger partial charge in [0.2, 0.25) is 5.91 Å². The summed E-state index contributed by atoms with van der Waals surface area (Å²) in [6, 6.07) is 24.7. The smallest absolute Gasteiger partial charge is 0.246 e. The van der Waals surface area contributed by atoms with Crippen molar-refractivity contribution in [2.75, 3.05) is 5.43 Å². The molecule has 0 aliphatic rings. The molecule has 1 amide bonds. The summed E-state index contributed by atoms with van der Waals surface area (Å²) in [6.45, 7) is 8.10. The first-order valence-electron chi connectivity index (χ1n) is 12.6. The normalized spacial score (nSPS) is 12.3. The minimum absolute atomic E-state index is 0.0757. The molecular formula is C31H31FN4O. The summed E-state index contributed by atoms with van der Waals surface area (Å²) in [5, 5.41) is 0.998. The molecule has 2 aromatic heterocycles. The number of nitrogens with zero attached hydrogens (tertiary/aromatic N) is 2. The molecule has 5 rings (SSSR count). The summed E-state index contributed by atoms with van der Waals surface area (Å²) in [7, 11) is 0. The van der Waals surface area contributed by atoms with Gasteiger partial charge in [0.1, 0.15) is 11.5 Å². The zero-order chi connectivity index (χ0) is 26.1. The molecule has 37 heavy (non-hydrogen) atoms. The number of hydrogen-bond acceptors (Lipinski definition) is 3. The fourth-order valence-electron chi connectivity index (χ4n) is 5.15. The Morgan fingerprint density at radius 3 is 2.41 bits per heavy atom. The van der Waals surface area contributed by atoms with Crippen LogP contribution in [0, 0.1) is 25.6 Å². The molecule has 0 saturated heterocycles. The maximum absolute atomic E-state index is 14.1. The number of amides is 1. The van der Waals surface area contributed by atoms with Gasteiger partial charge in [-0.25, -0.2) is 9.37 Å². The van der Waals surface area contributed by atoms with Gasteiger partial charge in [-0.15, -0.1) is 0 Å². The third kappa shape index (κ3) is 4.92. The van der Waals surface area contributed by atoms with E-state index >= 15 is 0 Å². The second kappa shape index (κ2) is 10.1. The van der Waals surface area contributed by atoms with Crippen molar-refractivity contribution < 1.29 is 9.18 Å². The predicted molar refractivity (Wildman–Crippen MR) is 147 cm³/mol. The number of rotatable bonds is 7. The van der Waals surface area contributed by atoms with Crippen molar-refractivity contribution in [3.05, 3.63) is 113 Å². The van der Waals surface area contributed by atoms with Crippen LogP contribution < -0.4 is 10.9 Å². The van der Waals surface area contributed by atoms with Gasteiger partial charge in [-0.1, -0.05) is 56.3 Å². The molecule has 1 atom stereocenters. The van der Waals surface area contributed by atoms with E-state index in [1.807, 2.05) is 72.8 Å². The largest absolute Gasteiger partial charge is 0.299 e. The Hall–Kier alpha value is -4.19. The van der Waals surface area contributed by atoms with E-state index in [2.05, 4.69) is 36.8 Å². The molecule has 2 heterocycles. The first-order valence-corrected chi connectivity index (χ1v) is 12.6. The van der Waals surface area contributed by atoms with Crippen LogP contribution in [0.4, 0.5) is 10.1 Å². The van der Waals surface area contributed by atoms with E-state index in [0.29, 0.717) is 6.42 Å². The summed E-state index contributed by atoms with van der Waals surface area (Å²) in [5.74, 6) is -0.514. The molecule has 0 saturated carbocycles. The van der Waals surface area contributed by atoms with Gasteiger partial charge in [-0.3, -0.25) is 20.0 Å². The monoisotopic (exact) mass is 494 g/mol. The molecule has 0 bridgehead atoms. The Bertz CT molecular complexity index is 1570. The van der Waals surface area contributed by atoms with Crippen molar-refractivity contribution in [3.8, 4) is 0 Å². The van der Waals surface area contributed by atoms with Gasteiger partial charge in [-0.05, 0) is 67.3 Å². The first-order chi connectivity index (χ1) is 17.8. The maximum atomic E-state index is 14.1. The van der Waals surface area contributed by atoms with E-state index in [0.717, 1.165) is 50.3 Å². The van der Waals surface area contributed by atoms with Gasteiger partial charge < -0.3 is 0 Å². The lowest BCUT2D eigenvalue weighted by atomic mass is 9.87. The lowest BCUT2D eigenvalue weighted by Crippen LogP contribution is -2.36. The number of carbonyl (C=O) groups excluding carboxylic acids is 1. The van der Waals surface area contributed by atoms with Crippen LogP contribution >= 0.6 is 0 Å². The lowest BCUT2D eigenvalue weighted by Gasteiger charge is -2.21. The third-order valence-corrected chi connectivity index (χ3v) is 6.83. The average Bonchev–Trinajstić information content (AvgIpc) is 3.16. The number of para-hydroxylation sites is 1. The Kier molecular flexibility index (Phi) is 6.66. The van der Waals surface area contributed by atoms with Crippen molar-refractivity contribution in [1.29, 1.82) is 0 Å². The van der Waals surface area contributed by atoms with Gasteiger partial charge in [0.25, 0.3) is 0 Å². The fourth-order valence-corrected chi connectivity index (χ4v) is 5.15. The number of hydrazine groups is 1. The van der Waals surface area contributed by atoms with Crippen molar-refractivity contribution in [2.24, 2.45) is 5.92 Å². The van der Waals surface area contributed by atoms with Crippen LogP contribution in [0.15, 0.2) is 78.9 Å². The van der Waals surface area contributed by atoms with E-state index in [-0.39, 0.29) is 23.6 Å². The number of aryl methyl sites for hydroxylation is 2. The van der Waals surface area contributed by atoms with Gasteiger partial charge >= 0.3 is 0 Å². The number of carbonyl (C=O) groups is 1. The molecule has 3 aromatic carbocycles. The molecule has 6 heteroatoms. The van der Waals surface area contributed by atoms with E-state index in [1.165, 1.54) is 6.07 Å². The van der Waals surface area contributed by atoms with Gasteiger partial charge in [0.05, 0.1) is 17.1 Å². The molecule has 0 aliphatic heterocycles. The summed E-state index contributed by atoms with van der Waals surface area (Å²) >= 11 is 0. The molecular weight excluding hydrogens is 463 g/mol. The Morgan fingerprint density at radius 1 is 0.973 bits per heavy atom. The number of fused-ring (bicyclic) bond motifs is 3. The molecule has 0 fully saturated rings. The van der Waals surface area contributed by atoms with Gasteiger partial charge in [0.15, 0.2) is 0 Å². The van der Waals surface area contributed by atoms with Crippen molar-refractivity contribution in [2.45, 2.75) is 40.0 Å². The quantitative estimate of drug-likeness (QED) is 0.247. The van der Waals surface area contributed by atoms with Crippen LogP contribution in [0.25, 0.3) is 16.6 Å². The number of halogens is 1. The third-order valence-electron chi connectivity index (χ3n) is 6.83. The fraction of sp³-hybridized carbons (Fsp3) is 0.226. The highest BCUT2D eigenvalue weighted by atomic mass is 19.1. The minimum Gasteiger partial charge on any atom is -0.299 e.